The molecule has 0 rings (SSSR count). The van der Waals surface area contributed by atoms with Gasteiger partial charge in [-0.3, -0.25) is 0 Å². The first-order valence-corrected chi connectivity index (χ1v) is 7.96. The fourth-order valence-electron chi connectivity index (χ4n) is 2.02. The first-order valence-electron chi connectivity index (χ1n) is 7.96. The second kappa shape index (κ2) is 14.4. The summed E-state index contributed by atoms with van der Waals surface area (Å²) in [5.41, 5.74) is 5.37. The number of unbranched alkanes of at least 4 members (excludes halogenated alkanes) is 9. The molecule has 0 amide bonds. The largest absolute Gasteiger partial charge is 0.461 e. The summed E-state index contributed by atoms with van der Waals surface area (Å²) in [6.07, 6.45) is 13.8. The average molecular weight is 285 g/mol. The summed E-state index contributed by atoms with van der Waals surface area (Å²) in [5.74, 6) is -0.532. The van der Waals surface area contributed by atoms with Crippen molar-refractivity contribution in [1.82, 2.24) is 0 Å². The molecule has 0 aromatic heterocycles. The van der Waals surface area contributed by atoms with Gasteiger partial charge in [-0.05, 0) is 12.5 Å². The molecule has 0 atom stereocenters. The number of esters is 1. The first kappa shape index (κ1) is 19.0. The van der Waals surface area contributed by atoms with Crippen molar-refractivity contribution in [2.24, 2.45) is 5.73 Å². The molecule has 0 radical (unpaired) electrons. The van der Waals surface area contributed by atoms with Gasteiger partial charge in [0.1, 0.15) is 5.70 Å². The Bertz CT molecular complexity index is 264. The zero-order chi connectivity index (χ0) is 15.1. The van der Waals surface area contributed by atoms with Crippen LogP contribution in [0.25, 0.3) is 0 Å². The minimum atomic E-state index is -0.532. The molecular weight excluding hydrogens is 254 g/mol. The fourth-order valence-corrected chi connectivity index (χ4v) is 2.02. The second-order valence-electron chi connectivity index (χ2n) is 5.16. The van der Waals surface area contributed by atoms with Gasteiger partial charge in [-0.25, -0.2) is 4.79 Å². The van der Waals surface area contributed by atoms with Crippen LogP contribution >= 0.6 is 0 Å². The number of aliphatic hydroxyl groups is 1. The van der Waals surface area contributed by atoms with Gasteiger partial charge < -0.3 is 15.6 Å². The lowest BCUT2D eigenvalue weighted by Gasteiger charge is -2.05. The average Bonchev–Trinajstić information content (AvgIpc) is 2.44. The number of carbonyl (C=O) groups is 1. The third-order valence-electron chi connectivity index (χ3n) is 3.28. The maximum absolute atomic E-state index is 11.3. The normalized spacial score (nSPS) is 11.6. The summed E-state index contributed by atoms with van der Waals surface area (Å²) in [7, 11) is 0. The van der Waals surface area contributed by atoms with Crippen molar-refractivity contribution in [3.8, 4) is 0 Å². The monoisotopic (exact) mass is 285 g/mol. The van der Waals surface area contributed by atoms with E-state index in [1.54, 1.807) is 0 Å². The van der Waals surface area contributed by atoms with Gasteiger partial charge in [-0.1, -0.05) is 64.7 Å². The van der Waals surface area contributed by atoms with Crippen molar-refractivity contribution in [1.29, 1.82) is 0 Å². The molecule has 0 spiro atoms. The summed E-state index contributed by atoms with van der Waals surface area (Å²) < 4.78 is 4.99. The number of hydrogen-bond acceptors (Lipinski definition) is 4. The summed E-state index contributed by atoms with van der Waals surface area (Å²) in [5, 5.41) is 8.58. The van der Waals surface area contributed by atoms with Crippen LogP contribution in [0.15, 0.2) is 11.8 Å². The van der Waals surface area contributed by atoms with E-state index in [1.165, 1.54) is 57.4 Å². The summed E-state index contributed by atoms with van der Waals surface area (Å²) in [6.45, 7) is 2.41. The number of hydrogen-bond donors (Lipinski definition) is 2. The molecule has 3 N–H and O–H groups in total. The predicted octanol–water partition coefficient (Wildman–Crippen LogP) is 3.29. The molecule has 0 fully saturated rings. The van der Waals surface area contributed by atoms with E-state index in [0.717, 1.165) is 12.8 Å². The van der Waals surface area contributed by atoms with Crippen LogP contribution in [-0.2, 0) is 9.53 Å². The van der Waals surface area contributed by atoms with Gasteiger partial charge in [0.15, 0.2) is 0 Å². The molecule has 0 unspecified atom stereocenters. The molecule has 0 aliphatic heterocycles. The van der Waals surface area contributed by atoms with Gasteiger partial charge in [0.2, 0.25) is 0 Å². The van der Waals surface area contributed by atoms with Gasteiger partial charge in [-0.2, -0.15) is 0 Å². The van der Waals surface area contributed by atoms with Crippen LogP contribution in [0.5, 0.6) is 0 Å². The van der Waals surface area contributed by atoms with E-state index in [1.807, 2.05) is 0 Å². The molecule has 0 saturated heterocycles. The molecule has 4 heteroatoms. The molecule has 0 aromatic rings. The van der Waals surface area contributed by atoms with Crippen molar-refractivity contribution in [2.75, 3.05) is 13.2 Å². The molecule has 0 aliphatic rings. The minimum Gasteiger partial charge on any atom is -0.461 e. The lowest BCUT2D eigenvalue weighted by molar-refractivity contribution is -0.139. The van der Waals surface area contributed by atoms with Crippen LogP contribution in [0.2, 0.25) is 0 Å². The van der Waals surface area contributed by atoms with E-state index in [9.17, 15) is 4.79 Å². The van der Waals surface area contributed by atoms with Crippen molar-refractivity contribution >= 4 is 5.97 Å². The highest BCUT2D eigenvalue weighted by atomic mass is 16.5. The van der Waals surface area contributed by atoms with E-state index in [0.29, 0.717) is 6.61 Å². The van der Waals surface area contributed by atoms with Crippen molar-refractivity contribution < 1.29 is 14.6 Å². The van der Waals surface area contributed by atoms with Crippen LogP contribution in [-0.4, -0.2) is 24.3 Å². The molecule has 20 heavy (non-hydrogen) atoms. The smallest absolute Gasteiger partial charge is 0.353 e. The molecule has 0 aromatic carbocycles. The van der Waals surface area contributed by atoms with E-state index >= 15 is 0 Å². The number of rotatable bonds is 13. The van der Waals surface area contributed by atoms with Crippen LogP contribution in [0.3, 0.4) is 0 Å². The Balaban J connectivity index is 3.24. The van der Waals surface area contributed by atoms with Crippen LogP contribution in [0.1, 0.15) is 71.1 Å². The highest BCUT2D eigenvalue weighted by Crippen LogP contribution is 2.10. The van der Waals surface area contributed by atoms with Crippen molar-refractivity contribution in [3.63, 3.8) is 0 Å². The molecule has 118 valence electrons. The van der Waals surface area contributed by atoms with E-state index in [-0.39, 0.29) is 12.3 Å². The van der Waals surface area contributed by atoms with E-state index in [4.69, 9.17) is 15.6 Å². The van der Waals surface area contributed by atoms with Gasteiger partial charge >= 0.3 is 5.97 Å². The summed E-state index contributed by atoms with van der Waals surface area (Å²) in [4.78, 5) is 11.3. The zero-order valence-corrected chi connectivity index (χ0v) is 12.9. The van der Waals surface area contributed by atoms with Gasteiger partial charge in [-0.15, -0.1) is 0 Å². The quantitative estimate of drug-likeness (QED) is 0.309. The van der Waals surface area contributed by atoms with Gasteiger partial charge in [0.25, 0.3) is 0 Å². The SMILES string of the molecule is CCCCCCCCCCCCOC(=O)C(N)=CCO. The lowest BCUT2D eigenvalue weighted by atomic mass is 10.1. The highest BCUT2D eigenvalue weighted by Gasteiger charge is 2.05. The Labute approximate surface area is 123 Å². The van der Waals surface area contributed by atoms with Crippen molar-refractivity contribution in [3.05, 3.63) is 11.8 Å². The predicted molar refractivity (Wildman–Crippen MR) is 82.2 cm³/mol. The van der Waals surface area contributed by atoms with E-state index < -0.39 is 5.97 Å². The minimum absolute atomic E-state index is 0.0143. The summed E-state index contributed by atoms with van der Waals surface area (Å²) in [6, 6.07) is 0. The molecular formula is C16H31NO3. The topological polar surface area (TPSA) is 72.5 Å². The molecule has 0 bridgehead atoms. The Kier molecular flexibility index (Phi) is 13.6. The lowest BCUT2D eigenvalue weighted by Crippen LogP contribution is -2.16. The molecule has 4 nitrogen and oxygen atoms in total. The zero-order valence-electron chi connectivity index (χ0n) is 12.9. The molecule has 0 saturated carbocycles. The highest BCUT2D eigenvalue weighted by molar-refractivity contribution is 5.87. The third kappa shape index (κ3) is 12.0. The summed E-state index contributed by atoms with van der Waals surface area (Å²) >= 11 is 0. The molecule has 0 aliphatic carbocycles. The number of aliphatic hydroxyl groups excluding tert-OH is 1. The Morgan fingerprint density at radius 2 is 1.50 bits per heavy atom. The number of carbonyl (C=O) groups excluding carboxylic acids is 1. The van der Waals surface area contributed by atoms with Crippen LogP contribution in [0.4, 0.5) is 0 Å². The maximum atomic E-state index is 11.3. The van der Waals surface area contributed by atoms with Crippen molar-refractivity contribution in [2.45, 2.75) is 71.1 Å². The number of nitrogens with two attached hydrogens (primary N) is 1. The van der Waals surface area contributed by atoms with Gasteiger partial charge in [0.05, 0.1) is 13.2 Å². The fraction of sp³-hybridized carbons (Fsp3) is 0.812. The second-order valence-corrected chi connectivity index (χ2v) is 5.16. The maximum Gasteiger partial charge on any atom is 0.353 e. The molecule has 0 heterocycles. The Morgan fingerprint density at radius 3 is 2.00 bits per heavy atom. The third-order valence-corrected chi connectivity index (χ3v) is 3.28. The van der Waals surface area contributed by atoms with Crippen LogP contribution < -0.4 is 5.73 Å². The first-order chi connectivity index (χ1) is 9.72. The van der Waals surface area contributed by atoms with Gasteiger partial charge in [0, 0.05) is 0 Å². The standard InChI is InChI=1S/C16H31NO3/c1-2-3-4-5-6-7-8-9-10-11-14-20-16(19)15(17)12-13-18/h12,18H,2-11,13-14,17H2,1H3. The van der Waals surface area contributed by atoms with Crippen LogP contribution in [0, 0.1) is 0 Å². The Hall–Kier alpha value is -1.03. The number of ether oxygens (including phenoxy) is 1. The van der Waals surface area contributed by atoms with E-state index in [2.05, 4.69) is 6.92 Å². The Morgan fingerprint density at radius 1 is 1.00 bits per heavy atom.